The van der Waals surface area contributed by atoms with Crippen LogP contribution < -0.4 is 11.1 Å². The Balaban J connectivity index is 2.68. The Morgan fingerprint density at radius 3 is 3.08 bits per heavy atom. The first-order valence-corrected chi connectivity index (χ1v) is 3.82. The van der Waals surface area contributed by atoms with Crippen LogP contribution in [0.3, 0.4) is 0 Å². The van der Waals surface area contributed by atoms with Crippen molar-refractivity contribution < 1.29 is 4.79 Å². The van der Waals surface area contributed by atoms with Gasteiger partial charge < -0.3 is 15.6 Å². The number of nitrogens with zero attached hydrogens (tertiary/aromatic N) is 1. The highest BCUT2D eigenvalue weighted by atomic mass is 16.1. The zero-order chi connectivity index (χ0) is 8.97. The first kappa shape index (κ1) is 8.80. The fourth-order valence-electron chi connectivity index (χ4n) is 1.02. The van der Waals surface area contributed by atoms with Gasteiger partial charge in [0, 0.05) is 25.5 Å². The van der Waals surface area contributed by atoms with Crippen LogP contribution in [-0.2, 0) is 17.9 Å². The molecular weight excluding hydrogens is 154 g/mol. The van der Waals surface area contributed by atoms with Gasteiger partial charge in [-0.3, -0.25) is 4.79 Å². The SMILES string of the molecule is CNC(=O)Cn1cccc1CN. The summed E-state index contributed by atoms with van der Waals surface area (Å²) in [6.07, 6.45) is 1.84. The molecule has 1 amide bonds. The summed E-state index contributed by atoms with van der Waals surface area (Å²) >= 11 is 0. The summed E-state index contributed by atoms with van der Waals surface area (Å²) in [4.78, 5) is 11.0. The number of aromatic nitrogens is 1. The van der Waals surface area contributed by atoms with Crippen LogP contribution in [0.25, 0.3) is 0 Å². The predicted molar refractivity (Wildman–Crippen MR) is 46.4 cm³/mol. The Hall–Kier alpha value is -1.29. The second-order valence-electron chi connectivity index (χ2n) is 2.50. The van der Waals surface area contributed by atoms with E-state index >= 15 is 0 Å². The normalized spacial score (nSPS) is 9.83. The molecule has 0 aromatic carbocycles. The molecule has 4 heteroatoms. The van der Waals surface area contributed by atoms with Gasteiger partial charge in [0.05, 0.1) is 0 Å². The van der Waals surface area contributed by atoms with Gasteiger partial charge in [-0.1, -0.05) is 0 Å². The van der Waals surface area contributed by atoms with E-state index in [9.17, 15) is 4.79 Å². The second-order valence-corrected chi connectivity index (χ2v) is 2.50. The summed E-state index contributed by atoms with van der Waals surface area (Å²) in [6.45, 7) is 0.806. The van der Waals surface area contributed by atoms with Gasteiger partial charge in [0.25, 0.3) is 0 Å². The molecule has 66 valence electrons. The topological polar surface area (TPSA) is 60.0 Å². The predicted octanol–water partition coefficient (Wildman–Crippen LogP) is -0.307. The van der Waals surface area contributed by atoms with Crippen LogP contribution in [0.15, 0.2) is 18.3 Å². The van der Waals surface area contributed by atoms with Gasteiger partial charge in [-0.15, -0.1) is 0 Å². The first-order valence-electron chi connectivity index (χ1n) is 3.82. The van der Waals surface area contributed by atoms with Gasteiger partial charge in [0.2, 0.25) is 5.91 Å². The third-order valence-corrected chi connectivity index (χ3v) is 1.73. The maximum absolute atomic E-state index is 11.0. The number of carbonyl (C=O) groups is 1. The number of hydrogen-bond donors (Lipinski definition) is 2. The van der Waals surface area contributed by atoms with Crippen molar-refractivity contribution in [1.82, 2.24) is 9.88 Å². The third-order valence-electron chi connectivity index (χ3n) is 1.73. The van der Waals surface area contributed by atoms with Crippen LogP contribution >= 0.6 is 0 Å². The van der Waals surface area contributed by atoms with E-state index in [1.165, 1.54) is 0 Å². The van der Waals surface area contributed by atoms with Crippen LogP contribution in [0.2, 0.25) is 0 Å². The lowest BCUT2D eigenvalue weighted by Crippen LogP contribution is -2.24. The highest BCUT2D eigenvalue weighted by Gasteiger charge is 2.02. The van der Waals surface area contributed by atoms with Crippen molar-refractivity contribution in [2.75, 3.05) is 7.05 Å². The number of nitrogens with two attached hydrogens (primary N) is 1. The molecule has 3 N–H and O–H groups in total. The van der Waals surface area contributed by atoms with E-state index in [4.69, 9.17) is 5.73 Å². The van der Waals surface area contributed by atoms with Gasteiger partial charge in [0.15, 0.2) is 0 Å². The molecule has 0 aliphatic rings. The number of hydrogen-bond acceptors (Lipinski definition) is 2. The molecule has 0 saturated carbocycles. The Morgan fingerprint density at radius 1 is 1.75 bits per heavy atom. The summed E-state index contributed by atoms with van der Waals surface area (Å²) in [5, 5.41) is 2.55. The van der Waals surface area contributed by atoms with E-state index in [1.807, 2.05) is 22.9 Å². The molecular formula is C8H13N3O. The lowest BCUT2D eigenvalue weighted by atomic mass is 10.4. The summed E-state index contributed by atoms with van der Waals surface area (Å²) in [5.41, 5.74) is 6.43. The second kappa shape index (κ2) is 3.92. The summed E-state index contributed by atoms with van der Waals surface area (Å²) in [7, 11) is 1.62. The van der Waals surface area contributed by atoms with Crippen LogP contribution in [-0.4, -0.2) is 17.5 Å². The van der Waals surface area contributed by atoms with Crippen LogP contribution in [0, 0.1) is 0 Å². The molecule has 12 heavy (non-hydrogen) atoms. The highest BCUT2D eigenvalue weighted by molar-refractivity contribution is 5.75. The van der Waals surface area contributed by atoms with Crippen LogP contribution in [0.1, 0.15) is 5.69 Å². The summed E-state index contributed by atoms with van der Waals surface area (Å²) < 4.78 is 1.83. The molecule has 0 aliphatic carbocycles. The van der Waals surface area contributed by atoms with Crippen LogP contribution in [0.5, 0.6) is 0 Å². The van der Waals surface area contributed by atoms with E-state index in [1.54, 1.807) is 7.05 Å². The maximum atomic E-state index is 11.0. The molecule has 1 rings (SSSR count). The standard InChI is InChI=1S/C8H13N3O/c1-10-8(12)6-11-4-2-3-7(11)5-9/h2-4H,5-6,9H2,1H3,(H,10,12). The number of likely N-dealkylation sites (N-methyl/N-ethyl adjacent to an activating group) is 1. The Morgan fingerprint density at radius 2 is 2.50 bits per heavy atom. The van der Waals surface area contributed by atoms with Gasteiger partial charge >= 0.3 is 0 Å². The molecule has 0 radical (unpaired) electrons. The minimum Gasteiger partial charge on any atom is -0.358 e. The lowest BCUT2D eigenvalue weighted by molar-refractivity contribution is -0.121. The van der Waals surface area contributed by atoms with Crippen molar-refractivity contribution in [2.24, 2.45) is 5.73 Å². The van der Waals surface area contributed by atoms with Crippen molar-refractivity contribution in [2.45, 2.75) is 13.1 Å². The summed E-state index contributed by atoms with van der Waals surface area (Å²) in [6, 6.07) is 3.79. The van der Waals surface area contributed by atoms with E-state index in [0.717, 1.165) is 5.69 Å². The zero-order valence-corrected chi connectivity index (χ0v) is 7.08. The van der Waals surface area contributed by atoms with E-state index in [0.29, 0.717) is 13.1 Å². The average Bonchev–Trinajstić information content (AvgIpc) is 2.51. The van der Waals surface area contributed by atoms with Crippen molar-refractivity contribution in [3.8, 4) is 0 Å². The first-order chi connectivity index (χ1) is 5.77. The minimum atomic E-state index is -0.0131. The van der Waals surface area contributed by atoms with Crippen molar-refractivity contribution in [1.29, 1.82) is 0 Å². The highest BCUT2D eigenvalue weighted by Crippen LogP contribution is 1.99. The van der Waals surface area contributed by atoms with Crippen molar-refractivity contribution >= 4 is 5.91 Å². The lowest BCUT2D eigenvalue weighted by Gasteiger charge is -2.05. The maximum Gasteiger partial charge on any atom is 0.239 e. The largest absolute Gasteiger partial charge is 0.358 e. The van der Waals surface area contributed by atoms with E-state index in [-0.39, 0.29) is 5.91 Å². The molecule has 0 atom stereocenters. The fourth-order valence-corrected chi connectivity index (χ4v) is 1.02. The molecule has 0 bridgehead atoms. The summed E-state index contributed by atoms with van der Waals surface area (Å²) in [5.74, 6) is -0.0131. The molecule has 0 fully saturated rings. The van der Waals surface area contributed by atoms with Gasteiger partial charge in [0.1, 0.15) is 6.54 Å². The van der Waals surface area contributed by atoms with Gasteiger partial charge in [-0.25, -0.2) is 0 Å². The molecule has 0 spiro atoms. The van der Waals surface area contributed by atoms with Gasteiger partial charge in [-0.05, 0) is 12.1 Å². The molecule has 4 nitrogen and oxygen atoms in total. The Bertz CT molecular complexity index is 267. The molecule has 1 aromatic heterocycles. The quantitative estimate of drug-likeness (QED) is 0.649. The van der Waals surface area contributed by atoms with Crippen LogP contribution in [0.4, 0.5) is 0 Å². The Kier molecular flexibility index (Phi) is 2.88. The Labute approximate surface area is 71.4 Å². The average molecular weight is 167 g/mol. The monoisotopic (exact) mass is 167 g/mol. The van der Waals surface area contributed by atoms with E-state index in [2.05, 4.69) is 5.32 Å². The molecule has 1 heterocycles. The fraction of sp³-hybridized carbons (Fsp3) is 0.375. The number of carbonyl (C=O) groups excluding carboxylic acids is 1. The molecule has 0 saturated heterocycles. The smallest absolute Gasteiger partial charge is 0.239 e. The number of rotatable bonds is 3. The van der Waals surface area contributed by atoms with Gasteiger partial charge in [-0.2, -0.15) is 0 Å². The van der Waals surface area contributed by atoms with Crippen molar-refractivity contribution in [3.05, 3.63) is 24.0 Å². The zero-order valence-electron chi connectivity index (χ0n) is 7.08. The van der Waals surface area contributed by atoms with Crippen molar-refractivity contribution in [3.63, 3.8) is 0 Å². The number of amides is 1. The number of nitrogens with one attached hydrogen (secondary N) is 1. The molecule has 1 aromatic rings. The molecule has 0 unspecified atom stereocenters. The minimum absolute atomic E-state index is 0.0131. The van der Waals surface area contributed by atoms with E-state index < -0.39 is 0 Å². The molecule has 0 aliphatic heterocycles. The third kappa shape index (κ3) is 1.85.